The third-order valence-corrected chi connectivity index (χ3v) is 5.47. The third-order valence-electron chi connectivity index (χ3n) is 3.26. The van der Waals surface area contributed by atoms with Gasteiger partial charge in [-0.1, -0.05) is 49.0 Å². The molecule has 1 aromatic heterocycles. The van der Waals surface area contributed by atoms with Crippen LogP contribution in [0, 0.1) is 0 Å². The Morgan fingerprint density at radius 2 is 2.20 bits per heavy atom. The Bertz CT molecular complexity index is 566. The topological polar surface area (TPSA) is 37.3 Å². The van der Waals surface area contributed by atoms with Crippen LogP contribution >= 0.6 is 23.1 Å². The van der Waals surface area contributed by atoms with Gasteiger partial charge in [0.25, 0.3) is 0 Å². The molecule has 0 radical (unpaired) electrons. The highest BCUT2D eigenvalue weighted by atomic mass is 32.2. The maximum Gasteiger partial charge on any atom is 0.157 e. The van der Waals surface area contributed by atoms with Crippen LogP contribution < -0.4 is 5.32 Å². The maximum absolute atomic E-state index is 4.60. The van der Waals surface area contributed by atoms with Gasteiger partial charge in [0, 0.05) is 24.0 Å². The second-order valence-corrected chi connectivity index (χ2v) is 6.93. The first kappa shape index (κ1) is 13.6. The molecule has 0 bridgehead atoms. The molecule has 0 fully saturated rings. The van der Waals surface area contributed by atoms with E-state index in [9.17, 15) is 0 Å². The minimum absolute atomic E-state index is 0.425. The summed E-state index contributed by atoms with van der Waals surface area (Å²) in [5.74, 6) is 0.425. The van der Waals surface area contributed by atoms with Gasteiger partial charge >= 0.3 is 0 Å². The molecule has 1 aromatic carbocycles. The van der Waals surface area contributed by atoms with Crippen molar-refractivity contribution in [1.29, 1.82) is 0 Å². The van der Waals surface area contributed by atoms with Crippen molar-refractivity contribution in [3.8, 4) is 0 Å². The highest BCUT2D eigenvalue weighted by molar-refractivity contribution is 8.14. The van der Waals surface area contributed by atoms with E-state index in [-0.39, 0.29) is 0 Å². The van der Waals surface area contributed by atoms with E-state index in [2.05, 4.69) is 52.5 Å². The lowest BCUT2D eigenvalue weighted by atomic mass is 10.1. The molecule has 2 atom stereocenters. The molecule has 104 valence electrons. The van der Waals surface area contributed by atoms with E-state index in [1.165, 1.54) is 10.6 Å². The number of aliphatic imine (C=N–C) groups is 1. The van der Waals surface area contributed by atoms with Crippen LogP contribution in [0.5, 0.6) is 0 Å². The molecule has 2 heterocycles. The fourth-order valence-electron chi connectivity index (χ4n) is 2.12. The van der Waals surface area contributed by atoms with E-state index in [0.717, 1.165) is 18.3 Å². The average molecular weight is 303 g/mol. The number of thiazole rings is 1. The SMILES string of the molecule is CC(CNC1=NCC(c2ccccc2)S1)c1nccs1. The summed E-state index contributed by atoms with van der Waals surface area (Å²) < 4.78 is 0. The molecule has 0 aliphatic carbocycles. The molecule has 5 heteroatoms. The van der Waals surface area contributed by atoms with Gasteiger partial charge in [-0.05, 0) is 5.56 Å². The molecule has 1 N–H and O–H groups in total. The van der Waals surface area contributed by atoms with Gasteiger partial charge in [0.2, 0.25) is 0 Å². The van der Waals surface area contributed by atoms with Gasteiger partial charge in [-0.3, -0.25) is 4.99 Å². The van der Waals surface area contributed by atoms with Crippen LogP contribution in [0.25, 0.3) is 0 Å². The Labute approximate surface area is 127 Å². The van der Waals surface area contributed by atoms with E-state index >= 15 is 0 Å². The minimum Gasteiger partial charge on any atom is -0.364 e. The Hall–Kier alpha value is -1.33. The van der Waals surface area contributed by atoms with Gasteiger partial charge in [-0.15, -0.1) is 11.3 Å². The molecule has 1 aliphatic heterocycles. The fourth-order valence-corrected chi connectivity index (χ4v) is 3.85. The summed E-state index contributed by atoms with van der Waals surface area (Å²) in [6.45, 7) is 3.95. The van der Waals surface area contributed by atoms with E-state index in [1.54, 1.807) is 11.3 Å². The summed E-state index contributed by atoms with van der Waals surface area (Å²) in [6, 6.07) is 10.6. The Morgan fingerprint density at radius 3 is 2.95 bits per heavy atom. The molecule has 0 spiro atoms. The number of hydrogen-bond donors (Lipinski definition) is 1. The lowest BCUT2D eigenvalue weighted by Gasteiger charge is -2.12. The monoisotopic (exact) mass is 303 g/mol. The number of rotatable bonds is 4. The fraction of sp³-hybridized carbons (Fsp3) is 0.333. The first-order chi connectivity index (χ1) is 9.83. The van der Waals surface area contributed by atoms with Gasteiger partial charge in [-0.25, -0.2) is 4.98 Å². The Kier molecular flexibility index (Phi) is 4.38. The minimum atomic E-state index is 0.425. The molecule has 1 aliphatic rings. The van der Waals surface area contributed by atoms with Gasteiger partial charge in [0.1, 0.15) is 0 Å². The zero-order valence-electron chi connectivity index (χ0n) is 11.3. The molecule has 3 rings (SSSR count). The quantitative estimate of drug-likeness (QED) is 0.936. The van der Waals surface area contributed by atoms with Crippen LogP contribution in [0.4, 0.5) is 0 Å². The van der Waals surface area contributed by atoms with Crippen LogP contribution in [-0.2, 0) is 0 Å². The van der Waals surface area contributed by atoms with Crippen molar-refractivity contribution < 1.29 is 0 Å². The predicted octanol–water partition coefficient (Wildman–Crippen LogP) is 3.68. The molecule has 20 heavy (non-hydrogen) atoms. The van der Waals surface area contributed by atoms with Crippen molar-refractivity contribution in [2.75, 3.05) is 13.1 Å². The number of benzene rings is 1. The number of amidine groups is 1. The predicted molar refractivity (Wildman–Crippen MR) is 87.6 cm³/mol. The van der Waals surface area contributed by atoms with Crippen LogP contribution in [0.2, 0.25) is 0 Å². The Balaban J connectivity index is 1.51. The highest BCUT2D eigenvalue weighted by Gasteiger charge is 2.21. The van der Waals surface area contributed by atoms with Crippen molar-refractivity contribution in [3.63, 3.8) is 0 Å². The van der Waals surface area contributed by atoms with E-state index < -0.39 is 0 Å². The second-order valence-electron chi connectivity index (χ2n) is 4.82. The van der Waals surface area contributed by atoms with Gasteiger partial charge < -0.3 is 5.32 Å². The molecular weight excluding hydrogens is 286 g/mol. The summed E-state index contributed by atoms with van der Waals surface area (Å²) in [4.78, 5) is 8.95. The van der Waals surface area contributed by atoms with Crippen LogP contribution in [0.3, 0.4) is 0 Å². The summed E-state index contributed by atoms with van der Waals surface area (Å²) in [5, 5.41) is 8.17. The van der Waals surface area contributed by atoms with Crippen LogP contribution in [-0.4, -0.2) is 23.2 Å². The first-order valence-corrected chi connectivity index (χ1v) is 8.48. The number of thioether (sulfide) groups is 1. The molecular formula is C15H17N3S2. The summed E-state index contributed by atoms with van der Waals surface area (Å²) in [6.07, 6.45) is 1.86. The summed E-state index contributed by atoms with van der Waals surface area (Å²) in [5.41, 5.74) is 1.35. The van der Waals surface area contributed by atoms with Gasteiger partial charge in [-0.2, -0.15) is 0 Å². The zero-order chi connectivity index (χ0) is 13.8. The molecule has 2 unspecified atom stereocenters. The molecule has 3 nitrogen and oxygen atoms in total. The molecule has 0 amide bonds. The number of nitrogens with zero attached hydrogens (tertiary/aromatic N) is 2. The van der Waals surface area contributed by atoms with Crippen molar-refractivity contribution in [1.82, 2.24) is 10.3 Å². The second kappa shape index (κ2) is 6.41. The first-order valence-electron chi connectivity index (χ1n) is 6.72. The molecule has 0 saturated heterocycles. The van der Waals surface area contributed by atoms with Gasteiger partial charge in [0.15, 0.2) is 5.17 Å². The van der Waals surface area contributed by atoms with Crippen LogP contribution in [0.15, 0.2) is 46.9 Å². The normalized spacial score (nSPS) is 19.6. The van der Waals surface area contributed by atoms with Crippen molar-refractivity contribution in [3.05, 3.63) is 52.5 Å². The zero-order valence-corrected chi connectivity index (χ0v) is 13.0. The average Bonchev–Trinajstić information content (AvgIpc) is 3.17. The maximum atomic E-state index is 4.60. The van der Waals surface area contributed by atoms with Crippen molar-refractivity contribution in [2.24, 2.45) is 4.99 Å². The lowest BCUT2D eigenvalue weighted by Crippen LogP contribution is -2.24. The largest absolute Gasteiger partial charge is 0.364 e. The van der Waals surface area contributed by atoms with Crippen LogP contribution in [0.1, 0.15) is 28.7 Å². The number of hydrogen-bond acceptors (Lipinski definition) is 5. The standard InChI is InChI=1S/C15H17N3S2/c1-11(14-16-7-8-19-14)9-17-15-18-10-13(20-15)12-5-3-2-4-6-12/h2-8,11,13H,9-10H2,1H3,(H,17,18). The van der Waals surface area contributed by atoms with E-state index in [4.69, 9.17) is 0 Å². The molecule has 0 saturated carbocycles. The summed E-state index contributed by atoms with van der Waals surface area (Å²) >= 11 is 3.54. The smallest absolute Gasteiger partial charge is 0.157 e. The molecule has 2 aromatic rings. The lowest BCUT2D eigenvalue weighted by molar-refractivity contribution is 0.718. The van der Waals surface area contributed by atoms with Crippen molar-refractivity contribution in [2.45, 2.75) is 18.1 Å². The van der Waals surface area contributed by atoms with Crippen molar-refractivity contribution >= 4 is 28.3 Å². The van der Waals surface area contributed by atoms with E-state index in [1.807, 2.05) is 23.3 Å². The number of aromatic nitrogens is 1. The highest BCUT2D eigenvalue weighted by Crippen LogP contribution is 2.34. The third kappa shape index (κ3) is 3.22. The summed E-state index contributed by atoms with van der Waals surface area (Å²) in [7, 11) is 0. The van der Waals surface area contributed by atoms with E-state index in [0.29, 0.717) is 11.2 Å². The number of nitrogens with one attached hydrogen (secondary N) is 1. The Morgan fingerprint density at radius 1 is 1.35 bits per heavy atom. The van der Waals surface area contributed by atoms with Gasteiger partial charge in [0.05, 0.1) is 16.8 Å².